The zero-order valence-corrected chi connectivity index (χ0v) is 27.7. The molecule has 256 valence electrons. The van der Waals surface area contributed by atoms with E-state index in [1.807, 2.05) is 19.1 Å². The van der Waals surface area contributed by atoms with Crippen LogP contribution in [-0.4, -0.2) is 29.6 Å². The van der Waals surface area contributed by atoms with Crippen molar-refractivity contribution in [2.24, 2.45) is 11.7 Å². The van der Waals surface area contributed by atoms with E-state index in [1.54, 1.807) is 34.6 Å². The van der Waals surface area contributed by atoms with Gasteiger partial charge in [-0.3, -0.25) is 14.4 Å². The van der Waals surface area contributed by atoms with Crippen molar-refractivity contribution in [3.05, 3.63) is 91.4 Å². The highest BCUT2D eigenvalue weighted by Crippen LogP contribution is 2.38. The summed E-state index contributed by atoms with van der Waals surface area (Å²) in [5.74, 6) is -3.98. The van der Waals surface area contributed by atoms with Crippen molar-refractivity contribution in [3.63, 3.8) is 0 Å². The van der Waals surface area contributed by atoms with Crippen molar-refractivity contribution in [3.8, 4) is 11.1 Å². The Balaban J connectivity index is 2.23. The first-order valence-electron chi connectivity index (χ1n) is 15.5. The number of alkyl halides is 3. The van der Waals surface area contributed by atoms with Crippen LogP contribution in [0.5, 0.6) is 0 Å². The van der Waals surface area contributed by atoms with E-state index in [0.29, 0.717) is 11.6 Å². The van der Waals surface area contributed by atoms with Crippen molar-refractivity contribution in [1.82, 2.24) is 9.88 Å². The minimum atomic E-state index is -4.84. The van der Waals surface area contributed by atoms with Crippen LogP contribution >= 0.6 is 0 Å². The third kappa shape index (κ3) is 8.65. The molecular weight excluding hydrogens is 621 g/mol. The van der Waals surface area contributed by atoms with Crippen LogP contribution in [0.4, 0.5) is 22.0 Å². The fourth-order valence-corrected chi connectivity index (χ4v) is 6.02. The second-order valence-electron chi connectivity index (χ2n) is 12.3. The normalized spacial score (nSPS) is 13.1. The second kappa shape index (κ2) is 15.2. The molecule has 1 amide bonds. The van der Waals surface area contributed by atoms with Gasteiger partial charge in [-0.25, -0.2) is 8.78 Å². The highest BCUT2D eigenvalue weighted by atomic mass is 19.4. The van der Waals surface area contributed by atoms with Crippen molar-refractivity contribution in [1.29, 1.82) is 0 Å². The van der Waals surface area contributed by atoms with Crippen LogP contribution in [0, 0.1) is 45.2 Å². The number of hydrogen-bond donors (Lipinski definition) is 2. The molecular formula is C35H42F5N3O4. The molecule has 12 heteroatoms. The lowest BCUT2D eigenvalue weighted by Crippen LogP contribution is -2.41. The number of rotatable bonds is 12. The standard InChI is InChI=1S/C35H42F5N3O4/c1-8-47-29(45)16-26(31-32(36)22(7)14-24(33(31)37)30-20(5)12-19(4)13-21(30)6)42-34(46)27(11-18(2)3)43-17-23(9-10-41)25(15-28(43)44)35(38,39)40/h12-15,17-18,26-27H,8-11,16,41H2,1-7H3,(H,42,46)/t26-,27?/m0/s1. The van der Waals surface area contributed by atoms with Crippen molar-refractivity contribution in [2.45, 2.75) is 86.0 Å². The molecule has 0 saturated carbocycles. The van der Waals surface area contributed by atoms with E-state index >= 15 is 8.78 Å². The Labute approximate surface area is 271 Å². The molecule has 1 aromatic heterocycles. The summed E-state index contributed by atoms with van der Waals surface area (Å²) < 4.78 is 79.7. The molecule has 1 heterocycles. The molecule has 0 aliphatic carbocycles. The van der Waals surface area contributed by atoms with Crippen LogP contribution in [0.15, 0.2) is 35.3 Å². The maximum absolute atomic E-state index is 16.6. The first-order valence-corrected chi connectivity index (χ1v) is 15.5. The van der Waals surface area contributed by atoms with E-state index in [2.05, 4.69) is 5.32 Å². The van der Waals surface area contributed by atoms with Gasteiger partial charge in [-0.1, -0.05) is 31.5 Å². The molecule has 7 nitrogen and oxygen atoms in total. The van der Waals surface area contributed by atoms with Crippen molar-refractivity contribution < 1.29 is 36.3 Å². The highest BCUT2D eigenvalue weighted by molar-refractivity contribution is 5.82. The monoisotopic (exact) mass is 663 g/mol. The molecule has 1 unspecified atom stereocenters. The number of carbonyl (C=O) groups excluding carboxylic acids is 2. The van der Waals surface area contributed by atoms with Gasteiger partial charge in [-0.05, 0) is 93.8 Å². The largest absolute Gasteiger partial charge is 0.466 e. The summed E-state index contributed by atoms with van der Waals surface area (Å²) in [5, 5.41) is 2.55. The van der Waals surface area contributed by atoms with Gasteiger partial charge >= 0.3 is 12.1 Å². The van der Waals surface area contributed by atoms with Crippen LogP contribution in [0.3, 0.4) is 0 Å². The number of halogens is 5. The van der Waals surface area contributed by atoms with Gasteiger partial charge < -0.3 is 20.4 Å². The van der Waals surface area contributed by atoms with Crippen LogP contribution in [0.25, 0.3) is 11.1 Å². The number of pyridine rings is 1. The lowest BCUT2D eigenvalue weighted by molar-refractivity contribution is -0.144. The summed E-state index contributed by atoms with van der Waals surface area (Å²) in [6.45, 7) is 11.8. The van der Waals surface area contributed by atoms with E-state index in [1.165, 1.54) is 13.0 Å². The summed E-state index contributed by atoms with van der Waals surface area (Å²) in [7, 11) is 0. The van der Waals surface area contributed by atoms with Crippen LogP contribution in [0.1, 0.15) is 84.6 Å². The molecule has 3 N–H and O–H groups in total. The molecule has 2 aromatic carbocycles. The van der Waals surface area contributed by atoms with E-state index in [4.69, 9.17) is 10.5 Å². The highest BCUT2D eigenvalue weighted by Gasteiger charge is 2.36. The number of amides is 1. The Morgan fingerprint density at radius 2 is 1.60 bits per heavy atom. The molecule has 0 aliphatic heterocycles. The Morgan fingerprint density at radius 1 is 0.979 bits per heavy atom. The minimum Gasteiger partial charge on any atom is -0.466 e. The third-order valence-electron chi connectivity index (χ3n) is 7.92. The van der Waals surface area contributed by atoms with Crippen LogP contribution < -0.4 is 16.6 Å². The van der Waals surface area contributed by atoms with Crippen molar-refractivity contribution in [2.75, 3.05) is 13.2 Å². The lowest BCUT2D eigenvalue weighted by atomic mass is 9.88. The minimum absolute atomic E-state index is 0.0168. The fraction of sp³-hybridized carbons (Fsp3) is 0.457. The molecule has 0 fully saturated rings. The number of hydrogen-bond acceptors (Lipinski definition) is 5. The van der Waals surface area contributed by atoms with E-state index < -0.39 is 64.9 Å². The average Bonchev–Trinajstić information content (AvgIpc) is 2.94. The number of nitrogens with one attached hydrogen (secondary N) is 1. The van der Waals surface area contributed by atoms with Crippen molar-refractivity contribution >= 4 is 11.9 Å². The maximum Gasteiger partial charge on any atom is 0.416 e. The maximum atomic E-state index is 16.6. The molecule has 0 spiro atoms. The summed E-state index contributed by atoms with van der Waals surface area (Å²) in [6, 6.07) is 2.52. The van der Waals surface area contributed by atoms with Gasteiger partial charge in [-0.15, -0.1) is 0 Å². The molecule has 47 heavy (non-hydrogen) atoms. The number of carbonyl (C=O) groups is 2. The SMILES string of the molecule is CCOC(=O)C[C@H](NC(=O)C(CC(C)C)n1cc(CCN)c(C(F)(F)F)cc1=O)c1c(F)c(C)cc(-c2c(C)cc(C)cc2C)c1F. The fourth-order valence-electron chi connectivity index (χ4n) is 6.02. The van der Waals surface area contributed by atoms with Gasteiger partial charge in [0.2, 0.25) is 5.91 Å². The quantitative estimate of drug-likeness (QED) is 0.161. The van der Waals surface area contributed by atoms with Gasteiger partial charge in [0.05, 0.1) is 24.6 Å². The van der Waals surface area contributed by atoms with Gasteiger partial charge in [0.15, 0.2) is 0 Å². The van der Waals surface area contributed by atoms with E-state index in [0.717, 1.165) is 27.5 Å². The molecule has 2 atom stereocenters. The summed E-state index contributed by atoms with van der Waals surface area (Å²) in [6.07, 6.45) is -4.78. The lowest BCUT2D eigenvalue weighted by Gasteiger charge is -2.27. The number of aryl methyl sites for hydroxylation is 4. The molecule has 0 bridgehead atoms. The molecule has 0 aliphatic rings. The predicted octanol–water partition coefficient (Wildman–Crippen LogP) is 6.95. The average molecular weight is 664 g/mol. The smallest absolute Gasteiger partial charge is 0.416 e. The Bertz CT molecular complexity index is 1670. The predicted molar refractivity (Wildman–Crippen MR) is 170 cm³/mol. The number of aromatic nitrogens is 1. The van der Waals surface area contributed by atoms with E-state index in [-0.39, 0.29) is 48.6 Å². The van der Waals surface area contributed by atoms with Gasteiger partial charge in [-0.2, -0.15) is 13.2 Å². The third-order valence-corrected chi connectivity index (χ3v) is 7.92. The molecule has 3 rings (SSSR count). The van der Waals surface area contributed by atoms with E-state index in [9.17, 15) is 27.6 Å². The molecule has 0 radical (unpaired) electrons. The number of nitrogens with zero attached hydrogens (tertiary/aromatic N) is 1. The van der Waals surface area contributed by atoms with Crippen LogP contribution in [0.2, 0.25) is 0 Å². The Kier molecular flexibility index (Phi) is 12.1. The van der Waals surface area contributed by atoms with Crippen LogP contribution in [-0.2, 0) is 26.9 Å². The first-order chi connectivity index (χ1) is 21.9. The molecule has 3 aromatic rings. The van der Waals surface area contributed by atoms with Gasteiger partial charge in [0, 0.05) is 23.4 Å². The Hall–Kier alpha value is -4.06. The summed E-state index contributed by atoms with van der Waals surface area (Å²) >= 11 is 0. The zero-order chi connectivity index (χ0) is 35.4. The summed E-state index contributed by atoms with van der Waals surface area (Å²) in [5.41, 5.74) is 5.50. The second-order valence-corrected chi connectivity index (χ2v) is 12.3. The van der Waals surface area contributed by atoms with Gasteiger partial charge in [0.25, 0.3) is 5.56 Å². The number of esters is 1. The molecule has 0 saturated heterocycles. The first kappa shape index (κ1) is 37.4. The number of ether oxygens (including phenoxy) is 1. The summed E-state index contributed by atoms with van der Waals surface area (Å²) in [4.78, 5) is 39.8. The Morgan fingerprint density at radius 3 is 2.13 bits per heavy atom. The number of benzene rings is 2. The zero-order valence-electron chi connectivity index (χ0n) is 27.7. The topological polar surface area (TPSA) is 103 Å². The number of nitrogens with two attached hydrogens (primary N) is 1. The van der Waals surface area contributed by atoms with Gasteiger partial charge in [0.1, 0.15) is 17.7 Å².